The molecule has 0 radical (unpaired) electrons. The Hall–Kier alpha value is -1.87. The maximum absolute atomic E-state index is 6.38. The molecule has 0 aromatic heterocycles. The van der Waals surface area contributed by atoms with Gasteiger partial charge in [-0.1, -0.05) is 112 Å². The fraction of sp³-hybridized carbons (Fsp3) is 0.0909. The summed E-state index contributed by atoms with van der Waals surface area (Å²) in [5.41, 5.74) is 3.80. The predicted molar refractivity (Wildman–Crippen MR) is 107 cm³/mol. The van der Waals surface area contributed by atoms with Gasteiger partial charge in [0.15, 0.2) is 5.60 Å². The minimum Gasteiger partial charge on any atom is -0.355 e. The summed E-state index contributed by atoms with van der Waals surface area (Å²) in [5.74, 6) is 0. The van der Waals surface area contributed by atoms with Crippen LogP contribution in [0.25, 0.3) is 11.1 Å². The first-order valence-electron chi connectivity index (χ1n) is 8.12. The molecule has 1 aliphatic heterocycles. The van der Waals surface area contributed by atoms with Crippen molar-refractivity contribution >= 4 is 27.5 Å². The Morgan fingerprint density at radius 1 is 0.720 bits per heavy atom. The third-order valence-electron chi connectivity index (χ3n) is 4.54. The average Bonchev–Trinajstić information content (AvgIpc) is 2.99. The zero-order valence-corrected chi connectivity index (χ0v) is 15.8. The summed E-state index contributed by atoms with van der Waals surface area (Å²) < 4.78 is 7.11. The molecule has 0 fully saturated rings. The van der Waals surface area contributed by atoms with Crippen LogP contribution in [0.5, 0.6) is 0 Å². The van der Waals surface area contributed by atoms with Crippen molar-refractivity contribution in [2.45, 2.75) is 5.60 Å². The average molecular weight is 412 g/mol. The normalized spacial score (nSPS) is 20.1. The van der Waals surface area contributed by atoms with Crippen LogP contribution >= 0.6 is 27.5 Å². The molecule has 1 heterocycles. The van der Waals surface area contributed by atoms with Gasteiger partial charge in [0.25, 0.3) is 0 Å². The summed E-state index contributed by atoms with van der Waals surface area (Å²) in [6, 6.07) is 29.0. The Labute approximate surface area is 161 Å². The van der Waals surface area contributed by atoms with Gasteiger partial charge in [0.2, 0.25) is 0 Å². The first-order chi connectivity index (χ1) is 12.2. The lowest BCUT2D eigenvalue weighted by atomic mass is 9.85. The van der Waals surface area contributed by atoms with Crippen molar-refractivity contribution in [2.75, 3.05) is 6.61 Å². The first kappa shape index (κ1) is 16.6. The van der Waals surface area contributed by atoms with E-state index in [-0.39, 0.29) is 0 Å². The summed E-state index contributed by atoms with van der Waals surface area (Å²) in [5, 5.41) is 0.705. The van der Waals surface area contributed by atoms with Gasteiger partial charge in [0.05, 0.1) is 16.1 Å². The third-order valence-corrected chi connectivity index (χ3v) is 6.10. The Balaban J connectivity index is 1.82. The van der Waals surface area contributed by atoms with Crippen LogP contribution < -0.4 is 0 Å². The summed E-state index contributed by atoms with van der Waals surface area (Å²) in [6.07, 6.45) is 0. The lowest BCUT2D eigenvalue weighted by Crippen LogP contribution is -2.28. The Bertz CT molecular complexity index is 904. The Morgan fingerprint density at radius 3 is 1.80 bits per heavy atom. The number of benzene rings is 3. The van der Waals surface area contributed by atoms with Crippen molar-refractivity contribution in [3.05, 3.63) is 106 Å². The minimum atomic E-state index is -0.687. The highest BCUT2D eigenvalue weighted by molar-refractivity contribution is 9.11. The standard InChI is InChI=1S/C22H16BrClO/c23-21-20(24)15-25-22(21,18-9-5-2-6-10-18)19-13-11-17(12-14-19)16-7-3-1-4-8-16/h1-14H,15H2. The van der Waals surface area contributed by atoms with Crippen molar-refractivity contribution in [1.82, 2.24) is 0 Å². The van der Waals surface area contributed by atoms with Gasteiger partial charge < -0.3 is 4.74 Å². The quantitative estimate of drug-likeness (QED) is 0.480. The topological polar surface area (TPSA) is 9.23 Å². The SMILES string of the molecule is ClC1=C(Br)C(c2ccccc2)(c2ccc(-c3ccccc3)cc2)OC1. The molecule has 0 N–H and O–H groups in total. The van der Waals surface area contributed by atoms with Crippen LogP contribution in [0.4, 0.5) is 0 Å². The van der Waals surface area contributed by atoms with Crippen molar-refractivity contribution < 1.29 is 4.74 Å². The van der Waals surface area contributed by atoms with E-state index in [4.69, 9.17) is 16.3 Å². The fourth-order valence-corrected chi connectivity index (χ4v) is 4.15. The molecule has 0 saturated heterocycles. The molecule has 1 atom stereocenters. The van der Waals surface area contributed by atoms with E-state index in [2.05, 4.69) is 64.5 Å². The molecule has 25 heavy (non-hydrogen) atoms. The van der Waals surface area contributed by atoms with Crippen LogP contribution in [0.3, 0.4) is 0 Å². The molecular weight excluding hydrogens is 396 g/mol. The van der Waals surface area contributed by atoms with Gasteiger partial charge in [-0.2, -0.15) is 0 Å². The zero-order valence-electron chi connectivity index (χ0n) is 13.5. The zero-order chi connectivity index (χ0) is 17.3. The Kier molecular flexibility index (Phi) is 4.51. The number of hydrogen-bond donors (Lipinski definition) is 0. The molecule has 0 aliphatic carbocycles. The minimum absolute atomic E-state index is 0.400. The van der Waals surface area contributed by atoms with Gasteiger partial charge in [-0.05, 0) is 22.3 Å². The van der Waals surface area contributed by atoms with Crippen molar-refractivity contribution in [3.63, 3.8) is 0 Å². The number of hydrogen-bond acceptors (Lipinski definition) is 1. The lowest BCUT2D eigenvalue weighted by molar-refractivity contribution is 0.0547. The van der Waals surface area contributed by atoms with E-state index in [1.165, 1.54) is 11.1 Å². The molecule has 3 aromatic carbocycles. The van der Waals surface area contributed by atoms with Gasteiger partial charge in [-0.25, -0.2) is 0 Å². The van der Waals surface area contributed by atoms with Crippen LogP contribution in [0, 0.1) is 0 Å². The van der Waals surface area contributed by atoms with Gasteiger partial charge in [0, 0.05) is 0 Å². The van der Waals surface area contributed by atoms with E-state index in [1.54, 1.807) is 0 Å². The molecule has 1 nitrogen and oxygen atoms in total. The molecule has 124 valence electrons. The van der Waals surface area contributed by atoms with Crippen LogP contribution in [-0.4, -0.2) is 6.61 Å². The highest BCUT2D eigenvalue weighted by Gasteiger charge is 2.44. The lowest BCUT2D eigenvalue weighted by Gasteiger charge is -2.31. The van der Waals surface area contributed by atoms with Crippen molar-refractivity contribution in [1.29, 1.82) is 0 Å². The maximum atomic E-state index is 6.38. The van der Waals surface area contributed by atoms with Crippen LogP contribution in [0.15, 0.2) is 94.4 Å². The highest BCUT2D eigenvalue weighted by atomic mass is 79.9. The van der Waals surface area contributed by atoms with Gasteiger partial charge in [0.1, 0.15) is 0 Å². The fourth-order valence-electron chi connectivity index (χ4n) is 3.28. The van der Waals surface area contributed by atoms with E-state index in [0.29, 0.717) is 11.6 Å². The number of ether oxygens (including phenoxy) is 1. The summed E-state index contributed by atoms with van der Waals surface area (Å²) in [6.45, 7) is 0.400. The van der Waals surface area contributed by atoms with E-state index < -0.39 is 5.60 Å². The Morgan fingerprint density at radius 2 is 1.24 bits per heavy atom. The molecule has 3 heteroatoms. The smallest absolute Gasteiger partial charge is 0.151 e. The van der Waals surface area contributed by atoms with E-state index >= 15 is 0 Å². The second-order valence-electron chi connectivity index (χ2n) is 6.00. The van der Waals surface area contributed by atoms with Crippen molar-refractivity contribution in [2.24, 2.45) is 0 Å². The molecule has 0 amide bonds. The summed E-state index contributed by atoms with van der Waals surface area (Å²) >= 11 is 10.1. The molecule has 0 spiro atoms. The molecule has 3 aromatic rings. The van der Waals surface area contributed by atoms with Gasteiger partial charge in [-0.3, -0.25) is 0 Å². The van der Waals surface area contributed by atoms with Gasteiger partial charge >= 0.3 is 0 Å². The predicted octanol–water partition coefficient (Wildman–Crippen LogP) is 6.47. The molecule has 0 bridgehead atoms. The van der Waals surface area contributed by atoms with Crippen molar-refractivity contribution in [3.8, 4) is 11.1 Å². The van der Waals surface area contributed by atoms with Crippen LogP contribution in [-0.2, 0) is 10.3 Å². The largest absolute Gasteiger partial charge is 0.355 e. The van der Waals surface area contributed by atoms with E-state index in [9.17, 15) is 0 Å². The molecule has 4 rings (SSSR count). The van der Waals surface area contributed by atoms with E-state index in [0.717, 1.165) is 15.6 Å². The molecule has 1 aliphatic rings. The monoisotopic (exact) mass is 410 g/mol. The van der Waals surface area contributed by atoms with E-state index in [1.807, 2.05) is 36.4 Å². The first-order valence-corrected chi connectivity index (χ1v) is 9.29. The molecule has 1 unspecified atom stereocenters. The van der Waals surface area contributed by atoms with Crippen LogP contribution in [0.1, 0.15) is 11.1 Å². The third kappa shape index (κ3) is 2.85. The maximum Gasteiger partial charge on any atom is 0.151 e. The number of rotatable bonds is 3. The molecule has 0 saturated carbocycles. The second-order valence-corrected chi connectivity index (χ2v) is 7.25. The second kappa shape index (κ2) is 6.80. The number of halogens is 2. The van der Waals surface area contributed by atoms with Gasteiger partial charge in [-0.15, -0.1) is 0 Å². The highest BCUT2D eigenvalue weighted by Crippen LogP contribution is 2.49. The summed E-state index contributed by atoms with van der Waals surface area (Å²) in [4.78, 5) is 0. The molecular formula is C22H16BrClO. The van der Waals surface area contributed by atoms with Crippen LogP contribution in [0.2, 0.25) is 0 Å². The summed E-state index contributed by atoms with van der Waals surface area (Å²) in [7, 11) is 0.